The highest BCUT2D eigenvalue weighted by Gasteiger charge is 2.14. The third-order valence-electron chi connectivity index (χ3n) is 3.86. The Hall–Kier alpha value is -2.90. The van der Waals surface area contributed by atoms with Crippen molar-refractivity contribution in [2.24, 2.45) is 0 Å². The molecule has 0 aliphatic heterocycles. The average Bonchev–Trinajstić information content (AvgIpc) is 2.69. The molecule has 6 nitrogen and oxygen atoms in total. The van der Waals surface area contributed by atoms with E-state index in [2.05, 4.69) is 36.2 Å². The molecule has 27 heavy (non-hydrogen) atoms. The van der Waals surface area contributed by atoms with Gasteiger partial charge in [-0.2, -0.15) is 4.98 Å². The van der Waals surface area contributed by atoms with Crippen molar-refractivity contribution < 1.29 is 4.74 Å². The van der Waals surface area contributed by atoms with E-state index in [0.717, 1.165) is 9.86 Å². The zero-order valence-corrected chi connectivity index (χ0v) is 16.2. The molecule has 8 heteroatoms. The summed E-state index contributed by atoms with van der Waals surface area (Å²) in [6.45, 7) is 0. The second kappa shape index (κ2) is 7.38. The molecular formula is C19H13BrClN5O. The molecule has 0 unspecified atom stereocenters. The first-order valence-corrected chi connectivity index (χ1v) is 9.13. The highest BCUT2D eigenvalue weighted by atomic mass is 79.9. The van der Waals surface area contributed by atoms with Gasteiger partial charge in [0.05, 0.1) is 10.7 Å². The molecule has 4 aromatic rings. The van der Waals surface area contributed by atoms with E-state index in [9.17, 15) is 0 Å². The van der Waals surface area contributed by atoms with E-state index >= 15 is 0 Å². The van der Waals surface area contributed by atoms with Gasteiger partial charge in [0.25, 0.3) is 0 Å². The zero-order valence-electron chi connectivity index (χ0n) is 13.9. The fourth-order valence-electron chi connectivity index (χ4n) is 2.55. The molecule has 2 aromatic carbocycles. The number of nitrogens with zero attached hydrogens (tertiary/aromatic N) is 3. The summed E-state index contributed by atoms with van der Waals surface area (Å²) in [5, 5.41) is 4.59. The van der Waals surface area contributed by atoms with Gasteiger partial charge in [-0.15, -0.1) is 0 Å². The number of rotatable bonds is 4. The van der Waals surface area contributed by atoms with Crippen molar-refractivity contribution in [3.05, 3.63) is 70.6 Å². The summed E-state index contributed by atoms with van der Waals surface area (Å²) in [5.74, 6) is 1.18. The van der Waals surface area contributed by atoms with Crippen LogP contribution in [0.25, 0.3) is 10.9 Å². The van der Waals surface area contributed by atoms with E-state index in [4.69, 9.17) is 22.1 Å². The van der Waals surface area contributed by atoms with Gasteiger partial charge in [-0.05, 0) is 30.3 Å². The number of benzene rings is 2. The summed E-state index contributed by atoms with van der Waals surface area (Å²) in [4.78, 5) is 12.7. The predicted molar refractivity (Wildman–Crippen MR) is 111 cm³/mol. The lowest BCUT2D eigenvalue weighted by atomic mass is 10.2. The number of nitrogens with two attached hydrogens (primary N) is 1. The van der Waals surface area contributed by atoms with Crippen LogP contribution in [0.4, 0.5) is 17.2 Å². The lowest BCUT2D eigenvalue weighted by Gasteiger charge is -2.13. The van der Waals surface area contributed by atoms with Crippen LogP contribution < -0.4 is 15.8 Å². The first-order chi connectivity index (χ1) is 13.1. The maximum Gasteiger partial charge on any atom is 0.248 e. The molecule has 4 rings (SSSR count). The minimum absolute atomic E-state index is 0.230. The lowest BCUT2D eigenvalue weighted by molar-refractivity contribution is 0.469. The molecule has 0 saturated carbocycles. The monoisotopic (exact) mass is 441 g/mol. The largest absolute Gasteiger partial charge is 0.435 e. The molecule has 0 spiro atoms. The van der Waals surface area contributed by atoms with Crippen molar-refractivity contribution in [2.75, 3.05) is 11.1 Å². The maximum absolute atomic E-state index is 6.22. The average molecular weight is 443 g/mol. The van der Waals surface area contributed by atoms with Gasteiger partial charge in [-0.25, -0.2) is 4.98 Å². The van der Waals surface area contributed by atoms with Gasteiger partial charge in [0.2, 0.25) is 5.88 Å². The summed E-state index contributed by atoms with van der Waals surface area (Å²) in [7, 11) is 0. The second-order valence-corrected chi connectivity index (χ2v) is 6.85. The van der Waals surface area contributed by atoms with Crippen LogP contribution in [0.15, 0.2) is 65.5 Å². The van der Waals surface area contributed by atoms with E-state index in [-0.39, 0.29) is 11.6 Å². The SMILES string of the molecule is Nc1c(Nc2ccccc2Cl)ncnc1Oc1ccc(Br)c2cccnc12. The van der Waals surface area contributed by atoms with Crippen molar-refractivity contribution in [3.63, 3.8) is 0 Å². The van der Waals surface area contributed by atoms with Gasteiger partial charge in [0, 0.05) is 16.1 Å². The van der Waals surface area contributed by atoms with E-state index in [1.54, 1.807) is 12.3 Å². The van der Waals surface area contributed by atoms with Crippen LogP contribution in [-0.2, 0) is 0 Å². The summed E-state index contributed by atoms with van der Waals surface area (Å²) in [5.41, 5.74) is 7.87. The lowest BCUT2D eigenvalue weighted by Crippen LogP contribution is -2.03. The van der Waals surface area contributed by atoms with Gasteiger partial charge in [0.1, 0.15) is 17.5 Å². The number of para-hydroxylation sites is 1. The Morgan fingerprint density at radius 3 is 2.70 bits per heavy atom. The molecule has 0 bridgehead atoms. The van der Waals surface area contributed by atoms with Gasteiger partial charge < -0.3 is 15.8 Å². The number of nitrogens with one attached hydrogen (secondary N) is 1. The van der Waals surface area contributed by atoms with Crippen molar-refractivity contribution in [1.82, 2.24) is 15.0 Å². The highest BCUT2D eigenvalue weighted by molar-refractivity contribution is 9.10. The Morgan fingerprint density at radius 2 is 1.85 bits per heavy atom. The number of anilines is 3. The van der Waals surface area contributed by atoms with Gasteiger partial charge in [-0.1, -0.05) is 45.7 Å². The standard InChI is InChI=1S/C19H13BrClN5O/c20-12-7-8-15(17-11(12)4-3-9-23-17)27-19-16(22)18(24-10-25-19)26-14-6-2-1-5-13(14)21/h1-10H,22H2,(H,24,25,26). The van der Waals surface area contributed by atoms with Gasteiger partial charge in [0.15, 0.2) is 11.6 Å². The summed E-state index contributed by atoms with van der Waals surface area (Å²) in [6, 6.07) is 14.8. The van der Waals surface area contributed by atoms with Crippen LogP contribution in [0.2, 0.25) is 5.02 Å². The maximum atomic E-state index is 6.22. The fourth-order valence-corrected chi connectivity index (χ4v) is 3.18. The van der Waals surface area contributed by atoms with Gasteiger partial charge >= 0.3 is 0 Å². The number of halogens is 2. The number of aromatic nitrogens is 3. The van der Waals surface area contributed by atoms with Crippen LogP contribution >= 0.6 is 27.5 Å². The Balaban J connectivity index is 1.70. The molecule has 0 fully saturated rings. The first kappa shape index (κ1) is 17.5. The molecule has 0 saturated heterocycles. The third kappa shape index (κ3) is 3.51. The summed E-state index contributed by atoms with van der Waals surface area (Å²) < 4.78 is 6.88. The Labute approximate surface area is 168 Å². The van der Waals surface area contributed by atoms with Gasteiger partial charge in [-0.3, -0.25) is 4.98 Å². The third-order valence-corrected chi connectivity index (χ3v) is 4.88. The molecule has 134 valence electrons. The van der Waals surface area contributed by atoms with Crippen LogP contribution in [0, 0.1) is 0 Å². The Kier molecular flexibility index (Phi) is 4.79. The van der Waals surface area contributed by atoms with Crippen LogP contribution in [0.3, 0.4) is 0 Å². The summed E-state index contributed by atoms with van der Waals surface area (Å²) in [6.07, 6.45) is 3.08. The Bertz CT molecular complexity index is 1140. The molecular weight excluding hydrogens is 430 g/mol. The minimum Gasteiger partial charge on any atom is -0.435 e. The van der Waals surface area contributed by atoms with E-state index in [1.807, 2.05) is 42.5 Å². The number of ether oxygens (including phenoxy) is 1. The first-order valence-electron chi connectivity index (χ1n) is 7.96. The number of hydrogen-bond acceptors (Lipinski definition) is 6. The van der Waals surface area contributed by atoms with Crippen LogP contribution in [0.1, 0.15) is 0 Å². The number of hydrogen-bond donors (Lipinski definition) is 2. The minimum atomic E-state index is 0.230. The molecule has 0 aliphatic carbocycles. The van der Waals surface area contributed by atoms with Crippen LogP contribution in [0.5, 0.6) is 11.6 Å². The van der Waals surface area contributed by atoms with E-state index in [0.29, 0.717) is 27.8 Å². The quantitative estimate of drug-likeness (QED) is 0.430. The van der Waals surface area contributed by atoms with E-state index < -0.39 is 0 Å². The van der Waals surface area contributed by atoms with Crippen molar-refractivity contribution in [3.8, 4) is 11.6 Å². The zero-order chi connectivity index (χ0) is 18.8. The smallest absolute Gasteiger partial charge is 0.248 e. The highest BCUT2D eigenvalue weighted by Crippen LogP contribution is 2.36. The topological polar surface area (TPSA) is 86.0 Å². The molecule has 0 aliphatic rings. The van der Waals surface area contributed by atoms with Crippen molar-refractivity contribution >= 4 is 55.6 Å². The fraction of sp³-hybridized carbons (Fsp3) is 0. The summed E-state index contributed by atoms with van der Waals surface area (Å²) >= 11 is 9.70. The van der Waals surface area contributed by atoms with Crippen molar-refractivity contribution in [2.45, 2.75) is 0 Å². The second-order valence-electron chi connectivity index (χ2n) is 5.59. The molecule has 0 amide bonds. The molecule has 0 radical (unpaired) electrons. The van der Waals surface area contributed by atoms with Crippen LogP contribution in [-0.4, -0.2) is 15.0 Å². The molecule has 0 atom stereocenters. The predicted octanol–water partition coefficient (Wildman–Crippen LogP) is 5.56. The number of nitrogen functional groups attached to an aromatic ring is 1. The molecule has 3 N–H and O–H groups in total. The normalized spacial score (nSPS) is 10.7. The molecule has 2 aromatic heterocycles. The Morgan fingerprint density at radius 1 is 1.00 bits per heavy atom. The van der Waals surface area contributed by atoms with Crippen molar-refractivity contribution in [1.29, 1.82) is 0 Å². The van der Waals surface area contributed by atoms with E-state index in [1.165, 1.54) is 6.33 Å². The molecule has 2 heterocycles. The number of fused-ring (bicyclic) bond motifs is 1. The number of pyridine rings is 1.